The molecule has 0 aliphatic carbocycles. The Labute approximate surface area is 181 Å². The Morgan fingerprint density at radius 3 is 2.35 bits per heavy atom. The number of carbonyl (C=O) groups is 1. The van der Waals surface area contributed by atoms with E-state index in [0.717, 1.165) is 16.6 Å². The van der Waals surface area contributed by atoms with Crippen molar-refractivity contribution in [3.63, 3.8) is 0 Å². The minimum Gasteiger partial charge on any atom is -0.336 e. The smallest absolute Gasteiger partial charge is 0.336 e. The van der Waals surface area contributed by atoms with Gasteiger partial charge in [0.25, 0.3) is 5.91 Å². The summed E-state index contributed by atoms with van der Waals surface area (Å²) < 4.78 is 42.3. The maximum atomic E-state index is 13.9. The molecule has 1 aliphatic rings. The van der Waals surface area contributed by atoms with Crippen LogP contribution in [-0.2, 0) is 12.7 Å². The van der Waals surface area contributed by atoms with Gasteiger partial charge in [0, 0.05) is 43.9 Å². The Morgan fingerprint density at radius 2 is 1.74 bits per heavy atom. The van der Waals surface area contributed by atoms with Gasteiger partial charge in [0.1, 0.15) is 0 Å². The number of halogens is 4. The first-order valence-corrected chi connectivity index (χ1v) is 10.0. The molecular formula is C21H19ClF3N5O. The molecule has 2 aromatic heterocycles. The fourth-order valence-electron chi connectivity index (χ4n) is 3.56. The van der Waals surface area contributed by atoms with Crippen molar-refractivity contribution in [3.05, 3.63) is 76.8 Å². The Balaban J connectivity index is 1.52. The van der Waals surface area contributed by atoms with E-state index in [2.05, 4.69) is 15.0 Å². The Bertz CT molecular complexity index is 1050. The van der Waals surface area contributed by atoms with Gasteiger partial charge in [-0.1, -0.05) is 17.7 Å². The second kappa shape index (κ2) is 8.68. The SMILES string of the molecule is O=C(c1cnn(-c2ccc(Cl)cc2)c1C(F)(F)F)N1CCN(Cc2ccccn2)CC1. The summed E-state index contributed by atoms with van der Waals surface area (Å²) in [5.74, 6) is -0.676. The average molecular weight is 450 g/mol. The lowest BCUT2D eigenvalue weighted by atomic mass is 10.1. The highest BCUT2D eigenvalue weighted by atomic mass is 35.5. The number of hydrogen-bond donors (Lipinski definition) is 0. The van der Waals surface area contributed by atoms with E-state index in [4.69, 9.17) is 11.6 Å². The van der Waals surface area contributed by atoms with Crippen LogP contribution < -0.4 is 0 Å². The number of aromatic nitrogens is 3. The maximum absolute atomic E-state index is 13.9. The van der Waals surface area contributed by atoms with Crippen molar-refractivity contribution in [2.24, 2.45) is 0 Å². The highest BCUT2D eigenvalue weighted by molar-refractivity contribution is 6.30. The van der Waals surface area contributed by atoms with Crippen LogP contribution in [0.2, 0.25) is 5.02 Å². The minimum atomic E-state index is -4.75. The van der Waals surface area contributed by atoms with E-state index in [1.165, 1.54) is 29.2 Å². The summed E-state index contributed by atoms with van der Waals surface area (Å²) in [6.07, 6.45) is -2.05. The van der Waals surface area contributed by atoms with E-state index in [0.29, 0.717) is 37.7 Å². The molecule has 1 amide bonds. The van der Waals surface area contributed by atoms with E-state index in [9.17, 15) is 18.0 Å². The van der Waals surface area contributed by atoms with Gasteiger partial charge in [0.2, 0.25) is 0 Å². The van der Waals surface area contributed by atoms with Crippen molar-refractivity contribution in [2.45, 2.75) is 12.7 Å². The molecule has 4 rings (SSSR count). The highest BCUT2D eigenvalue weighted by Crippen LogP contribution is 2.34. The molecule has 1 fully saturated rings. The summed E-state index contributed by atoms with van der Waals surface area (Å²) in [4.78, 5) is 20.8. The zero-order valence-electron chi connectivity index (χ0n) is 16.4. The van der Waals surface area contributed by atoms with E-state index in [1.54, 1.807) is 6.20 Å². The van der Waals surface area contributed by atoms with Crippen molar-refractivity contribution >= 4 is 17.5 Å². The predicted molar refractivity (Wildman–Crippen MR) is 109 cm³/mol. The minimum absolute atomic E-state index is 0.177. The fraction of sp³-hybridized carbons (Fsp3) is 0.286. The second-order valence-electron chi connectivity index (χ2n) is 7.18. The van der Waals surface area contributed by atoms with Gasteiger partial charge in [-0.05, 0) is 36.4 Å². The monoisotopic (exact) mass is 449 g/mol. The summed E-state index contributed by atoms with van der Waals surface area (Å²) in [6.45, 7) is 2.39. The van der Waals surface area contributed by atoms with Gasteiger partial charge in [-0.15, -0.1) is 0 Å². The molecule has 0 atom stereocenters. The largest absolute Gasteiger partial charge is 0.434 e. The van der Waals surface area contributed by atoms with Crippen molar-refractivity contribution < 1.29 is 18.0 Å². The van der Waals surface area contributed by atoms with Crippen LogP contribution in [0, 0.1) is 0 Å². The third-order valence-corrected chi connectivity index (χ3v) is 5.36. The van der Waals surface area contributed by atoms with Gasteiger partial charge in [-0.3, -0.25) is 14.7 Å². The summed E-state index contributed by atoms with van der Waals surface area (Å²) in [6, 6.07) is 11.5. The Hall–Kier alpha value is -2.91. The molecular weight excluding hydrogens is 431 g/mol. The van der Waals surface area contributed by atoms with Crippen LogP contribution in [0.3, 0.4) is 0 Å². The van der Waals surface area contributed by atoms with Gasteiger partial charge in [-0.2, -0.15) is 18.3 Å². The van der Waals surface area contributed by atoms with Crippen LogP contribution in [0.5, 0.6) is 0 Å². The molecule has 1 aromatic carbocycles. The van der Waals surface area contributed by atoms with E-state index in [1.807, 2.05) is 18.2 Å². The number of amides is 1. The average Bonchev–Trinajstić information content (AvgIpc) is 3.21. The summed E-state index contributed by atoms with van der Waals surface area (Å²) in [5.41, 5.74) is -0.460. The normalized spacial score (nSPS) is 15.3. The number of alkyl halides is 3. The molecule has 0 radical (unpaired) electrons. The zero-order chi connectivity index (χ0) is 22.0. The molecule has 3 aromatic rings. The third kappa shape index (κ3) is 4.72. The molecule has 162 valence electrons. The number of carbonyl (C=O) groups excluding carboxylic acids is 1. The number of pyridine rings is 1. The second-order valence-corrected chi connectivity index (χ2v) is 7.62. The third-order valence-electron chi connectivity index (χ3n) is 5.11. The van der Waals surface area contributed by atoms with Gasteiger partial charge in [-0.25, -0.2) is 4.68 Å². The first-order chi connectivity index (χ1) is 14.8. The molecule has 3 heterocycles. The lowest BCUT2D eigenvalue weighted by Gasteiger charge is -2.34. The quantitative estimate of drug-likeness (QED) is 0.606. The van der Waals surface area contributed by atoms with Crippen molar-refractivity contribution in [3.8, 4) is 5.69 Å². The van der Waals surface area contributed by atoms with Crippen molar-refractivity contribution in [1.29, 1.82) is 0 Å². The molecule has 1 aliphatic heterocycles. The maximum Gasteiger partial charge on any atom is 0.434 e. The van der Waals surface area contributed by atoms with Crippen LogP contribution in [0.15, 0.2) is 54.9 Å². The topological polar surface area (TPSA) is 54.3 Å². The lowest BCUT2D eigenvalue weighted by Crippen LogP contribution is -2.48. The number of hydrogen-bond acceptors (Lipinski definition) is 4. The first kappa shape index (κ1) is 21.3. The molecule has 6 nitrogen and oxygen atoms in total. The molecule has 0 bridgehead atoms. The standard InChI is InChI=1S/C21H19ClF3N5O/c22-15-4-6-17(7-5-15)30-19(21(23,24)25)18(13-27-30)20(31)29-11-9-28(10-12-29)14-16-3-1-2-8-26-16/h1-8,13H,9-12,14H2. The molecule has 31 heavy (non-hydrogen) atoms. The molecule has 0 spiro atoms. The summed E-state index contributed by atoms with van der Waals surface area (Å²) in [7, 11) is 0. The highest BCUT2D eigenvalue weighted by Gasteiger charge is 2.41. The summed E-state index contributed by atoms with van der Waals surface area (Å²) >= 11 is 5.83. The number of nitrogens with zero attached hydrogens (tertiary/aromatic N) is 5. The Morgan fingerprint density at radius 1 is 1.03 bits per heavy atom. The molecule has 0 unspecified atom stereocenters. The number of piperazine rings is 1. The lowest BCUT2D eigenvalue weighted by molar-refractivity contribution is -0.143. The summed E-state index contributed by atoms with van der Waals surface area (Å²) in [5, 5.41) is 4.25. The first-order valence-electron chi connectivity index (χ1n) is 9.65. The van der Waals surface area contributed by atoms with Crippen molar-refractivity contribution in [2.75, 3.05) is 26.2 Å². The molecule has 0 saturated carbocycles. The fourth-order valence-corrected chi connectivity index (χ4v) is 3.68. The van der Waals surface area contributed by atoms with Gasteiger partial charge >= 0.3 is 6.18 Å². The van der Waals surface area contributed by atoms with Gasteiger partial charge < -0.3 is 4.90 Å². The molecule has 0 N–H and O–H groups in total. The van der Waals surface area contributed by atoms with Crippen LogP contribution in [0.1, 0.15) is 21.7 Å². The number of rotatable bonds is 4. The zero-order valence-corrected chi connectivity index (χ0v) is 17.1. The predicted octanol–water partition coefficient (Wildman–Crippen LogP) is 3.90. The van der Waals surface area contributed by atoms with Crippen LogP contribution in [0.25, 0.3) is 5.69 Å². The molecule has 10 heteroatoms. The van der Waals surface area contributed by atoms with E-state index in [-0.39, 0.29) is 5.69 Å². The van der Waals surface area contributed by atoms with E-state index >= 15 is 0 Å². The van der Waals surface area contributed by atoms with Crippen LogP contribution in [0.4, 0.5) is 13.2 Å². The van der Waals surface area contributed by atoms with Gasteiger partial charge in [0.05, 0.1) is 23.1 Å². The van der Waals surface area contributed by atoms with Crippen LogP contribution >= 0.6 is 11.6 Å². The Kier molecular flexibility index (Phi) is 5.97. The van der Waals surface area contributed by atoms with E-state index < -0.39 is 23.3 Å². The molecule has 1 saturated heterocycles. The van der Waals surface area contributed by atoms with Gasteiger partial charge in [0.15, 0.2) is 5.69 Å². The number of benzene rings is 1. The van der Waals surface area contributed by atoms with Crippen molar-refractivity contribution in [1.82, 2.24) is 24.6 Å². The van der Waals surface area contributed by atoms with Crippen LogP contribution in [-0.4, -0.2) is 56.7 Å².